The monoisotopic (exact) mass is 270 g/mol. The van der Waals surface area contributed by atoms with Gasteiger partial charge in [-0.2, -0.15) is 11.8 Å². The molecule has 0 amide bonds. The lowest BCUT2D eigenvalue weighted by Gasteiger charge is -2.32. The van der Waals surface area contributed by atoms with Crippen molar-refractivity contribution in [3.05, 3.63) is 0 Å². The largest absolute Gasteiger partial charge is 0.311 e. The molecule has 2 nitrogen and oxygen atoms in total. The molecule has 1 aliphatic carbocycles. The van der Waals surface area contributed by atoms with E-state index in [4.69, 9.17) is 0 Å². The second kappa shape index (κ2) is 7.76. The van der Waals surface area contributed by atoms with Gasteiger partial charge < -0.3 is 10.2 Å². The molecule has 1 heterocycles. The summed E-state index contributed by atoms with van der Waals surface area (Å²) in [5.74, 6) is 0. The molecule has 3 unspecified atom stereocenters. The van der Waals surface area contributed by atoms with Crippen molar-refractivity contribution < 1.29 is 0 Å². The van der Waals surface area contributed by atoms with Gasteiger partial charge in [0.1, 0.15) is 0 Å². The van der Waals surface area contributed by atoms with Gasteiger partial charge in [0.05, 0.1) is 0 Å². The van der Waals surface area contributed by atoms with Crippen LogP contribution in [0.15, 0.2) is 0 Å². The molecule has 1 saturated heterocycles. The Labute approximate surface area is 117 Å². The van der Waals surface area contributed by atoms with E-state index in [-0.39, 0.29) is 0 Å². The molecule has 106 valence electrons. The van der Waals surface area contributed by atoms with E-state index in [2.05, 4.69) is 35.2 Å². The SMILES string of the molecule is CCN1CCCC(NC2CCCC(SC)C2)CC1. The minimum atomic E-state index is 0.784. The Morgan fingerprint density at radius 1 is 1.06 bits per heavy atom. The van der Waals surface area contributed by atoms with Gasteiger partial charge in [0, 0.05) is 17.3 Å². The van der Waals surface area contributed by atoms with Crippen molar-refractivity contribution in [2.45, 2.75) is 69.2 Å². The number of hydrogen-bond acceptors (Lipinski definition) is 3. The standard InChI is InChI=1S/C15H30N2S/c1-3-17-10-5-7-13(9-11-17)16-14-6-4-8-15(12-14)18-2/h13-16H,3-12H2,1-2H3. The van der Waals surface area contributed by atoms with Gasteiger partial charge in [-0.1, -0.05) is 13.3 Å². The normalized spacial score (nSPS) is 35.3. The molecule has 2 fully saturated rings. The van der Waals surface area contributed by atoms with Gasteiger partial charge in [-0.25, -0.2) is 0 Å². The van der Waals surface area contributed by atoms with Crippen LogP contribution in [-0.2, 0) is 0 Å². The Hall–Kier alpha value is 0.270. The highest BCUT2D eigenvalue weighted by Gasteiger charge is 2.24. The van der Waals surface area contributed by atoms with Crippen molar-refractivity contribution in [2.75, 3.05) is 25.9 Å². The van der Waals surface area contributed by atoms with Crippen molar-refractivity contribution in [3.63, 3.8) is 0 Å². The van der Waals surface area contributed by atoms with Gasteiger partial charge in [0.25, 0.3) is 0 Å². The van der Waals surface area contributed by atoms with Crippen molar-refractivity contribution >= 4 is 11.8 Å². The molecular formula is C15H30N2S. The Morgan fingerprint density at radius 2 is 1.89 bits per heavy atom. The van der Waals surface area contributed by atoms with E-state index in [0.29, 0.717) is 0 Å². The van der Waals surface area contributed by atoms with Crippen LogP contribution < -0.4 is 5.32 Å². The second-order valence-electron chi connectivity index (χ2n) is 5.95. The summed E-state index contributed by atoms with van der Waals surface area (Å²) in [5, 5.41) is 4.88. The molecular weight excluding hydrogens is 240 g/mol. The third-order valence-corrected chi connectivity index (χ3v) is 5.79. The minimum Gasteiger partial charge on any atom is -0.311 e. The van der Waals surface area contributed by atoms with Crippen LogP contribution in [0.4, 0.5) is 0 Å². The van der Waals surface area contributed by atoms with Crippen LogP contribution in [-0.4, -0.2) is 48.1 Å². The molecule has 2 aliphatic rings. The first-order valence-electron chi connectivity index (χ1n) is 7.83. The fourth-order valence-corrected chi connectivity index (χ4v) is 4.31. The van der Waals surface area contributed by atoms with Crippen LogP contribution in [0.3, 0.4) is 0 Å². The first-order valence-corrected chi connectivity index (χ1v) is 9.11. The predicted octanol–water partition coefficient (Wildman–Crippen LogP) is 3.12. The zero-order valence-corrected chi connectivity index (χ0v) is 13.0. The number of nitrogens with one attached hydrogen (secondary N) is 1. The lowest BCUT2D eigenvalue weighted by Crippen LogP contribution is -2.42. The molecule has 3 atom stereocenters. The van der Waals surface area contributed by atoms with E-state index in [0.717, 1.165) is 17.3 Å². The van der Waals surface area contributed by atoms with E-state index < -0.39 is 0 Å². The summed E-state index contributed by atoms with van der Waals surface area (Å²) in [6.07, 6.45) is 12.1. The molecule has 0 bridgehead atoms. The maximum absolute atomic E-state index is 3.97. The molecule has 3 heteroatoms. The highest BCUT2D eigenvalue weighted by Crippen LogP contribution is 2.27. The van der Waals surface area contributed by atoms with Crippen molar-refractivity contribution in [1.82, 2.24) is 10.2 Å². The highest BCUT2D eigenvalue weighted by atomic mass is 32.2. The molecule has 0 radical (unpaired) electrons. The van der Waals surface area contributed by atoms with Crippen LogP contribution in [0, 0.1) is 0 Å². The van der Waals surface area contributed by atoms with Crippen LogP contribution >= 0.6 is 11.8 Å². The average molecular weight is 270 g/mol. The summed E-state index contributed by atoms with van der Waals surface area (Å²) in [4.78, 5) is 2.60. The van der Waals surface area contributed by atoms with Crippen molar-refractivity contribution in [1.29, 1.82) is 0 Å². The van der Waals surface area contributed by atoms with Crippen molar-refractivity contribution in [2.24, 2.45) is 0 Å². The number of likely N-dealkylation sites (tertiary alicyclic amines) is 1. The summed E-state index contributed by atoms with van der Waals surface area (Å²) < 4.78 is 0. The molecule has 0 aromatic rings. The molecule has 2 rings (SSSR count). The van der Waals surface area contributed by atoms with Gasteiger partial charge in [-0.3, -0.25) is 0 Å². The van der Waals surface area contributed by atoms with Crippen LogP contribution in [0.5, 0.6) is 0 Å². The third-order valence-electron chi connectivity index (χ3n) is 4.70. The summed E-state index contributed by atoms with van der Waals surface area (Å²) >= 11 is 2.07. The van der Waals surface area contributed by atoms with Gasteiger partial charge >= 0.3 is 0 Å². The zero-order valence-electron chi connectivity index (χ0n) is 12.2. The van der Waals surface area contributed by atoms with E-state index >= 15 is 0 Å². The van der Waals surface area contributed by atoms with Crippen LogP contribution in [0.25, 0.3) is 0 Å². The van der Waals surface area contributed by atoms with Crippen LogP contribution in [0.2, 0.25) is 0 Å². The number of nitrogens with zero attached hydrogens (tertiary/aromatic N) is 1. The quantitative estimate of drug-likeness (QED) is 0.845. The summed E-state index contributed by atoms with van der Waals surface area (Å²) in [7, 11) is 0. The summed E-state index contributed by atoms with van der Waals surface area (Å²) in [6.45, 7) is 6.13. The lowest BCUT2D eigenvalue weighted by molar-refractivity contribution is 0.289. The predicted molar refractivity (Wildman–Crippen MR) is 82.4 cm³/mol. The topological polar surface area (TPSA) is 15.3 Å². The lowest BCUT2D eigenvalue weighted by atomic mass is 9.93. The average Bonchev–Trinajstić information content (AvgIpc) is 2.64. The molecule has 1 saturated carbocycles. The molecule has 0 aromatic carbocycles. The molecule has 0 spiro atoms. The summed E-state index contributed by atoms with van der Waals surface area (Å²) in [6, 6.07) is 1.58. The molecule has 1 aliphatic heterocycles. The fraction of sp³-hybridized carbons (Fsp3) is 1.00. The van der Waals surface area contributed by atoms with E-state index in [1.54, 1.807) is 0 Å². The molecule has 1 N–H and O–H groups in total. The number of hydrogen-bond donors (Lipinski definition) is 1. The molecule has 18 heavy (non-hydrogen) atoms. The Morgan fingerprint density at radius 3 is 2.67 bits per heavy atom. The molecule has 0 aromatic heterocycles. The zero-order chi connectivity index (χ0) is 12.8. The van der Waals surface area contributed by atoms with E-state index in [1.807, 2.05) is 0 Å². The third kappa shape index (κ3) is 4.43. The minimum absolute atomic E-state index is 0.784. The first-order chi connectivity index (χ1) is 8.81. The first kappa shape index (κ1) is 14.7. The smallest absolute Gasteiger partial charge is 0.00823 e. The van der Waals surface area contributed by atoms with Crippen molar-refractivity contribution in [3.8, 4) is 0 Å². The van der Waals surface area contributed by atoms with E-state index in [1.165, 1.54) is 64.6 Å². The number of rotatable bonds is 4. The summed E-state index contributed by atoms with van der Waals surface area (Å²) in [5.41, 5.74) is 0. The van der Waals surface area contributed by atoms with Gasteiger partial charge in [-0.15, -0.1) is 0 Å². The maximum Gasteiger partial charge on any atom is 0.00823 e. The maximum atomic E-state index is 3.97. The Kier molecular flexibility index (Phi) is 6.33. The second-order valence-corrected chi connectivity index (χ2v) is 7.09. The van der Waals surface area contributed by atoms with Gasteiger partial charge in [-0.05, 0) is 64.4 Å². The highest BCUT2D eigenvalue weighted by molar-refractivity contribution is 7.99. The number of thioether (sulfide) groups is 1. The Bertz CT molecular complexity index is 235. The fourth-order valence-electron chi connectivity index (χ4n) is 3.48. The van der Waals surface area contributed by atoms with Gasteiger partial charge in [0.2, 0.25) is 0 Å². The van der Waals surface area contributed by atoms with E-state index in [9.17, 15) is 0 Å². The van der Waals surface area contributed by atoms with Crippen LogP contribution in [0.1, 0.15) is 51.9 Å². The Balaban J connectivity index is 1.75. The van der Waals surface area contributed by atoms with Gasteiger partial charge in [0.15, 0.2) is 0 Å².